The number of rotatable bonds is 8. The largest absolute Gasteiger partial charge is 0.396 e. The Hall–Kier alpha value is -0.220. The van der Waals surface area contributed by atoms with Gasteiger partial charge in [0.05, 0.1) is 5.75 Å². The zero-order valence-electron chi connectivity index (χ0n) is 8.21. The van der Waals surface area contributed by atoms with E-state index in [4.69, 9.17) is 5.11 Å². The second kappa shape index (κ2) is 9.86. The molecule has 0 bridgehead atoms. The second-order valence-electron chi connectivity index (χ2n) is 2.92. The molecule has 0 spiro atoms. The monoisotopic (exact) mass is 205 g/mol. The summed E-state index contributed by atoms with van der Waals surface area (Å²) < 4.78 is 0. The summed E-state index contributed by atoms with van der Waals surface area (Å²) >= 11 is 1.54. The summed E-state index contributed by atoms with van der Waals surface area (Å²) in [5.41, 5.74) is 0. The van der Waals surface area contributed by atoms with Gasteiger partial charge in [0.1, 0.15) is 0 Å². The number of amides is 1. The minimum absolute atomic E-state index is 0.120. The molecule has 0 heterocycles. The Balaban J connectivity index is 3.02. The van der Waals surface area contributed by atoms with E-state index in [1.54, 1.807) is 0 Å². The van der Waals surface area contributed by atoms with Gasteiger partial charge in [-0.1, -0.05) is 12.8 Å². The Morgan fingerprint density at radius 3 is 2.62 bits per heavy atom. The van der Waals surface area contributed by atoms with E-state index >= 15 is 0 Å². The normalized spacial score (nSPS) is 10.0. The molecule has 0 saturated carbocycles. The predicted molar refractivity (Wildman–Crippen MR) is 56.9 cm³/mol. The molecule has 0 rings (SSSR count). The highest BCUT2D eigenvalue weighted by molar-refractivity contribution is 7.99. The van der Waals surface area contributed by atoms with Gasteiger partial charge in [-0.2, -0.15) is 11.8 Å². The van der Waals surface area contributed by atoms with Gasteiger partial charge in [0, 0.05) is 13.2 Å². The average Bonchev–Trinajstić information content (AvgIpc) is 2.11. The lowest BCUT2D eigenvalue weighted by molar-refractivity contribution is -0.118. The van der Waals surface area contributed by atoms with Crippen molar-refractivity contribution in [3.05, 3.63) is 0 Å². The topological polar surface area (TPSA) is 49.3 Å². The van der Waals surface area contributed by atoms with Crippen LogP contribution in [0.3, 0.4) is 0 Å². The fourth-order valence-electron chi connectivity index (χ4n) is 1.00. The standard InChI is InChI=1S/C9H19NO2S/c1-13-8-9(12)10-6-4-2-3-5-7-11/h11H,2-8H2,1H3,(H,10,12). The molecular formula is C9H19NO2S. The van der Waals surface area contributed by atoms with Crippen LogP contribution in [-0.4, -0.2) is 36.2 Å². The molecule has 4 heteroatoms. The molecule has 0 aliphatic rings. The predicted octanol–water partition coefficient (Wildman–Crippen LogP) is 1.02. The van der Waals surface area contributed by atoms with Crippen LogP contribution in [0.2, 0.25) is 0 Å². The molecule has 0 saturated heterocycles. The van der Waals surface area contributed by atoms with Crippen LogP contribution in [0.15, 0.2) is 0 Å². The average molecular weight is 205 g/mol. The van der Waals surface area contributed by atoms with Crippen molar-refractivity contribution in [3.63, 3.8) is 0 Å². The molecule has 0 aromatic rings. The van der Waals surface area contributed by atoms with E-state index < -0.39 is 0 Å². The van der Waals surface area contributed by atoms with E-state index in [1.165, 1.54) is 11.8 Å². The van der Waals surface area contributed by atoms with Gasteiger partial charge in [0.2, 0.25) is 5.91 Å². The summed E-state index contributed by atoms with van der Waals surface area (Å²) in [6, 6.07) is 0. The van der Waals surface area contributed by atoms with Crippen LogP contribution >= 0.6 is 11.8 Å². The van der Waals surface area contributed by atoms with E-state index in [2.05, 4.69) is 5.32 Å². The third-order valence-corrected chi connectivity index (χ3v) is 2.23. The SMILES string of the molecule is CSCC(=O)NCCCCCCO. The summed E-state index contributed by atoms with van der Waals surface area (Å²) in [5.74, 6) is 0.672. The third-order valence-electron chi connectivity index (χ3n) is 1.68. The Morgan fingerprint density at radius 2 is 2.00 bits per heavy atom. The first-order valence-corrected chi connectivity index (χ1v) is 6.07. The first-order chi connectivity index (χ1) is 6.31. The molecule has 0 radical (unpaired) electrons. The second-order valence-corrected chi connectivity index (χ2v) is 3.79. The number of nitrogens with one attached hydrogen (secondary N) is 1. The van der Waals surface area contributed by atoms with Crippen LogP contribution in [-0.2, 0) is 4.79 Å². The molecule has 0 unspecified atom stereocenters. The van der Waals surface area contributed by atoms with Crippen LogP contribution in [0.4, 0.5) is 0 Å². The van der Waals surface area contributed by atoms with Gasteiger partial charge in [-0.15, -0.1) is 0 Å². The van der Waals surface area contributed by atoms with Crippen molar-refractivity contribution in [1.29, 1.82) is 0 Å². The summed E-state index contributed by atoms with van der Waals surface area (Å²) in [7, 11) is 0. The van der Waals surface area contributed by atoms with Crippen LogP contribution in [0.5, 0.6) is 0 Å². The van der Waals surface area contributed by atoms with Crippen molar-refractivity contribution in [3.8, 4) is 0 Å². The number of thioether (sulfide) groups is 1. The summed E-state index contributed by atoms with van der Waals surface area (Å²) in [6.45, 7) is 1.05. The summed E-state index contributed by atoms with van der Waals surface area (Å²) in [4.78, 5) is 11.0. The molecule has 2 N–H and O–H groups in total. The lowest BCUT2D eigenvalue weighted by Crippen LogP contribution is -2.25. The molecule has 0 aromatic carbocycles. The number of aliphatic hydroxyl groups is 1. The van der Waals surface area contributed by atoms with Crippen molar-refractivity contribution < 1.29 is 9.90 Å². The van der Waals surface area contributed by atoms with Crippen molar-refractivity contribution in [2.45, 2.75) is 25.7 Å². The van der Waals surface area contributed by atoms with Crippen molar-refractivity contribution in [2.24, 2.45) is 0 Å². The highest BCUT2D eigenvalue weighted by Gasteiger charge is 1.97. The van der Waals surface area contributed by atoms with E-state index in [1.807, 2.05) is 6.26 Å². The number of hydrogen-bond donors (Lipinski definition) is 2. The molecule has 0 aromatic heterocycles. The molecular weight excluding hydrogens is 186 g/mol. The molecule has 13 heavy (non-hydrogen) atoms. The van der Waals surface area contributed by atoms with Gasteiger partial charge >= 0.3 is 0 Å². The van der Waals surface area contributed by atoms with Crippen LogP contribution in [0.1, 0.15) is 25.7 Å². The lowest BCUT2D eigenvalue weighted by atomic mass is 10.2. The smallest absolute Gasteiger partial charge is 0.229 e. The first-order valence-electron chi connectivity index (χ1n) is 4.67. The minimum atomic E-state index is 0.120. The molecule has 0 aliphatic heterocycles. The molecule has 0 atom stereocenters. The molecule has 0 fully saturated rings. The van der Waals surface area contributed by atoms with Gasteiger partial charge in [0.15, 0.2) is 0 Å². The number of carbonyl (C=O) groups is 1. The maximum Gasteiger partial charge on any atom is 0.229 e. The van der Waals surface area contributed by atoms with E-state index in [0.29, 0.717) is 5.75 Å². The van der Waals surface area contributed by atoms with Gasteiger partial charge in [-0.25, -0.2) is 0 Å². The molecule has 0 aliphatic carbocycles. The maximum absolute atomic E-state index is 11.0. The van der Waals surface area contributed by atoms with Gasteiger partial charge in [-0.05, 0) is 19.1 Å². The van der Waals surface area contributed by atoms with E-state index in [-0.39, 0.29) is 12.5 Å². The van der Waals surface area contributed by atoms with Gasteiger partial charge in [0.25, 0.3) is 0 Å². The van der Waals surface area contributed by atoms with Crippen LogP contribution in [0.25, 0.3) is 0 Å². The highest BCUT2D eigenvalue weighted by Crippen LogP contribution is 1.97. The number of unbranched alkanes of at least 4 members (excludes halogenated alkanes) is 3. The lowest BCUT2D eigenvalue weighted by Gasteiger charge is -2.03. The van der Waals surface area contributed by atoms with Crippen LogP contribution in [0, 0.1) is 0 Å². The van der Waals surface area contributed by atoms with Crippen molar-refractivity contribution in [1.82, 2.24) is 5.32 Å². The first kappa shape index (κ1) is 12.8. The summed E-state index contributed by atoms with van der Waals surface area (Å²) in [6.07, 6.45) is 5.94. The maximum atomic E-state index is 11.0. The highest BCUT2D eigenvalue weighted by atomic mass is 32.2. The minimum Gasteiger partial charge on any atom is -0.396 e. The Bertz CT molecular complexity index is 131. The molecule has 1 amide bonds. The quantitative estimate of drug-likeness (QED) is 0.582. The van der Waals surface area contributed by atoms with E-state index in [9.17, 15) is 4.79 Å². The fraction of sp³-hybridized carbons (Fsp3) is 0.889. The number of hydrogen-bond acceptors (Lipinski definition) is 3. The van der Waals surface area contributed by atoms with Crippen molar-refractivity contribution >= 4 is 17.7 Å². The fourth-order valence-corrected chi connectivity index (χ4v) is 1.36. The molecule has 3 nitrogen and oxygen atoms in total. The van der Waals surface area contributed by atoms with Crippen molar-refractivity contribution in [2.75, 3.05) is 25.2 Å². The number of carbonyl (C=O) groups excluding carboxylic acids is 1. The Morgan fingerprint density at radius 1 is 1.31 bits per heavy atom. The molecule has 78 valence electrons. The Kier molecular flexibility index (Phi) is 9.70. The zero-order valence-corrected chi connectivity index (χ0v) is 9.03. The van der Waals surface area contributed by atoms with Crippen LogP contribution < -0.4 is 5.32 Å². The van der Waals surface area contributed by atoms with E-state index in [0.717, 1.165) is 32.2 Å². The summed E-state index contributed by atoms with van der Waals surface area (Å²) in [5, 5.41) is 11.3. The van der Waals surface area contributed by atoms with Gasteiger partial charge in [-0.3, -0.25) is 4.79 Å². The Labute approximate surface area is 84.3 Å². The number of aliphatic hydroxyl groups excluding tert-OH is 1. The third kappa shape index (κ3) is 9.70. The van der Waals surface area contributed by atoms with Gasteiger partial charge < -0.3 is 10.4 Å². The zero-order chi connectivity index (χ0) is 9.94.